The molecule has 0 amide bonds. The molecule has 1 heterocycles. The van der Waals surface area contributed by atoms with Gasteiger partial charge in [-0.1, -0.05) is 84.9 Å². The molecule has 0 aliphatic carbocycles. The first-order chi connectivity index (χ1) is 12.7. The van der Waals surface area contributed by atoms with E-state index in [9.17, 15) is 4.79 Å². The van der Waals surface area contributed by atoms with Gasteiger partial charge in [0.25, 0.3) is 5.56 Å². The SMILES string of the molecule is Cn1c(=O)cc(C=Cc2ccc(-c3ccccc3)cc2)c2ccccc21. The van der Waals surface area contributed by atoms with Gasteiger partial charge in [0.05, 0.1) is 5.52 Å². The fourth-order valence-corrected chi connectivity index (χ4v) is 3.18. The van der Waals surface area contributed by atoms with Crippen LogP contribution in [0.25, 0.3) is 34.2 Å². The van der Waals surface area contributed by atoms with E-state index >= 15 is 0 Å². The maximum atomic E-state index is 12.2. The van der Waals surface area contributed by atoms with Crippen molar-refractivity contribution in [2.24, 2.45) is 7.05 Å². The van der Waals surface area contributed by atoms with E-state index in [4.69, 9.17) is 0 Å². The Morgan fingerprint density at radius 2 is 1.38 bits per heavy atom. The van der Waals surface area contributed by atoms with Crippen molar-refractivity contribution in [2.75, 3.05) is 0 Å². The molecule has 0 atom stereocenters. The van der Waals surface area contributed by atoms with Crippen molar-refractivity contribution >= 4 is 23.1 Å². The van der Waals surface area contributed by atoms with Crippen molar-refractivity contribution in [3.8, 4) is 11.1 Å². The highest BCUT2D eigenvalue weighted by Gasteiger charge is 2.03. The van der Waals surface area contributed by atoms with E-state index in [0.29, 0.717) is 0 Å². The minimum absolute atomic E-state index is 0.00257. The molecule has 4 rings (SSSR count). The van der Waals surface area contributed by atoms with Crippen LogP contribution in [0, 0.1) is 0 Å². The molecule has 2 heteroatoms. The molecule has 0 bridgehead atoms. The summed E-state index contributed by atoms with van der Waals surface area (Å²) in [7, 11) is 1.81. The number of hydrogen-bond acceptors (Lipinski definition) is 1. The standard InChI is InChI=1S/C24H19NO/c1-25-23-10-6-5-9-22(23)21(17-24(25)26)16-13-18-11-14-20(15-12-18)19-7-3-2-4-8-19/h2-17H,1H3. The third-order valence-corrected chi connectivity index (χ3v) is 4.66. The first-order valence-electron chi connectivity index (χ1n) is 8.65. The molecule has 0 fully saturated rings. The van der Waals surface area contributed by atoms with Crippen molar-refractivity contribution < 1.29 is 0 Å². The largest absolute Gasteiger partial charge is 0.311 e. The zero-order chi connectivity index (χ0) is 17.9. The van der Waals surface area contributed by atoms with Crippen LogP contribution in [0.3, 0.4) is 0 Å². The number of benzene rings is 3. The molecule has 0 aliphatic heterocycles. The molecule has 126 valence electrons. The van der Waals surface area contributed by atoms with E-state index in [2.05, 4.69) is 42.5 Å². The molecular formula is C24H19NO. The Morgan fingerprint density at radius 3 is 2.15 bits per heavy atom. The molecule has 3 aromatic carbocycles. The Kier molecular flexibility index (Phi) is 4.24. The lowest BCUT2D eigenvalue weighted by Crippen LogP contribution is -2.16. The number of aryl methyl sites for hydroxylation is 1. The number of fused-ring (bicyclic) bond motifs is 1. The lowest BCUT2D eigenvalue weighted by molar-refractivity contribution is 0.905. The van der Waals surface area contributed by atoms with E-state index < -0.39 is 0 Å². The summed E-state index contributed by atoms with van der Waals surface area (Å²) in [5.74, 6) is 0. The molecule has 0 unspecified atom stereocenters. The molecule has 4 aromatic rings. The number of para-hydroxylation sites is 1. The topological polar surface area (TPSA) is 22.0 Å². The minimum atomic E-state index is 0.00257. The van der Waals surface area contributed by atoms with Gasteiger partial charge in [-0.3, -0.25) is 4.79 Å². The summed E-state index contributed by atoms with van der Waals surface area (Å²) in [6.07, 6.45) is 4.07. The van der Waals surface area contributed by atoms with Gasteiger partial charge >= 0.3 is 0 Å². The molecule has 0 saturated carbocycles. The summed E-state index contributed by atoms with van der Waals surface area (Å²) in [6, 6.07) is 28.4. The van der Waals surface area contributed by atoms with Gasteiger partial charge in [-0.05, 0) is 28.3 Å². The third kappa shape index (κ3) is 3.09. The summed E-state index contributed by atoms with van der Waals surface area (Å²) in [4.78, 5) is 12.2. The van der Waals surface area contributed by atoms with Gasteiger partial charge in [-0.15, -0.1) is 0 Å². The first-order valence-corrected chi connectivity index (χ1v) is 8.65. The highest BCUT2D eigenvalue weighted by Crippen LogP contribution is 2.21. The number of hydrogen-bond donors (Lipinski definition) is 0. The second-order valence-corrected chi connectivity index (χ2v) is 6.34. The molecule has 0 saturated heterocycles. The Hall–Kier alpha value is -3.39. The molecule has 0 spiro atoms. The van der Waals surface area contributed by atoms with Gasteiger partial charge in [-0.25, -0.2) is 0 Å². The van der Waals surface area contributed by atoms with Crippen LogP contribution in [-0.4, -0.2) is 4.57 Å². The van der Waals surface area contributed by atoms with Gasteiger partial charge in [-0.2, -0.15) is 0 Å². The van der Waals surface area contributed by atoms with E-state index in [1.165, 1.54) is 11.1 Å². The number of rotatable bonds is 3. The summed E-state index contributed by atoms with van der Waals surface area (Å²) < 4.78 is 1.68. The van der Waals surface area contributed by atoms with Crippen LogP contribution >= 0.6 is 0 Å². The first kappa shape index (κ1) is 16.1. The van der Waals surface area contributed by atoms with Gasteiger partial charge < -0.3 is 4.57 Å². The normalized spacial score (nSPS) is 11.3. The zero-order valence-corrected chi connectivity index (χ0v) is 14.6. The predicted molar refractivity (Wildman–Crippen MR) is 110 cm³/mol. The average molecular weight is 337 g/mol. The minimum Gasteiger partial charge on any atom is -0.311 e. The van der Waals surface area contributed by atoms with E-state index in [-0.39, 0.29) is 5.56 Å². The Morgan fingerprint density at radius 1 is 0.731 bits per heavy atom. The quantitative estimate of drug-likeness (QED) is 0.492. The smallest absolute Gasteiger partial charge is 0.251 e. The lowest BCUT2D eigenvalue weighted by Gasteiger charge is -2.07. The molecule has 0 radical (unpaired) electrons. The average Bonchev–Trinajstić information content (AvgIpc) is 2.71. The number of aromatic nitrogens is 1. The van der Waals surface area contributed by atoms with Crippen LogP contribution in [0.2, 0.25) is 0 Å². The monoisotopic (exact) mass is 337 g/mol. The van der Waals surface area contributed by atoms with Gasteiger partial charge in [0.1, 0.15) is 0 Å². The molecule has 1 aromatic heterocycles. The fourth-order valence-electron chi connectivity index (χ4n) is 3.18. The predicted octanol–water partition coefficient (Wildman–Crippen LogP) is 5.38. The van der Waals surface area contributed by atoms with Crippen molar-refractivity contribution in [3.05, 3.63) is 106 Å². The number of nitrogens with zero attached hydrogens (tertiary/aromatic N) is 1. The molecule has 2 nitrogen and oxygen atoms in total. The van der Waals surface area contributed by atoms with Gasteiger partial charge in [0.2, 0.25) is 0 Å². The zero-order valence-electron chi connectivity index (χ0n) is 14.6. The van der Waals surface area contributed by atoms with Gasteiger partial charge in [0.15, 0.2) is 0 Å². The Bertz CT molecular complexity index is 1140. The van der Waals surface area contributed by atoms with Crippen LogP contribution in [0.4, 0.5) is 0 Å². The highest BCUT2D eigenvalue weighted by atomic mass is 16.1. The molecule has 26 heavy (non-hydrogen) atoms. The van der Waals surface area contributed by atoms with Crippen LogP contribution in [0.1, 0.15) is 11.1 Å². The third-order valence-electron chi connectivity index (χ3n) is 4.66. The Labute approximate surface area is 152 Å². The van der Waals surface area contributed by atoms with E-state index in [0.717, 1.165) is 22.0 Å². The van der Waals surface area contributed by atoms with Crippen LogP contribution in [0.5, 0.6) is 0 Å². The summed E-state index contributed by atoms with van der Waals surface area (Å²) >= 11 is 0. The van der Waals surface area contributed by atoms with Crippen molar-refractivity contribution in [1.82, 2.24) is 4.57 Å². The van der Waals surface area contributed by atoms with Gasteiger partial charge in [0, 0.05) is 18.5 Å². The van der Waals surface area contributed by atoms with E-state index in [1.807, 2.05) is 48.5 Å². The molecule has 0 N–H and O–H groups in total. The molecule has 0 aliphatic rings. The lowest BCUT2D eigenvalue weighted by atomic mass is 10.0. The summed E-state index contributed by atoms with van der Waals surface area (Å²) in [6.45, 7) is 0. The summed E-state index contributed by atoms with van der Waals surface area (Å²) in [5.41, 5.74) is 5.40. The van der Waals surface area contributed by atoms with E-state index in [1.54, 1.807) is 17.7 Å². The van der Waals surface area contributed by atoms with Crippen LogP contribution in [-0.2, 0) is 7.05 Å². The van der Waals surface area contributed by atoms with Crippen molar-refractivity contribution in [2.45, 2.75) is 0 Å². The molecular weight excluding hydrogens is 318 g/mol. The summed E-state index contributed by atoms with van der Waals surface area (Å²) in [5, 5.41) is 1.08. The maximum absolute atomic E-state index is 12.2. The highest BCUT2D eigenvalue weighted by molar-refractivity contribution is 5.90. The van der Waals surface area contributed by atoms with Crippen LogP contribution < -0.4 is 5.56 Å². The number of pyridine rings is 1. The van der Waals surface area contributed by atoms with Crippen molar-refractivity contribution in [3.63, 3.8) is 0 Å². The second kappa shape index (κ2) is 6.85. The van der Waals surface area contributed by atoms with Crippen LogP contribution in [0.15, 0.2) is 89.7 Å². The fraction of sp³-hybridized carbons (Fsp3) is 0.0417. The Balaban J connectivity index is 1.68. The maximum Gasteiger partial charge on any atom is 0.251 e. The second-order valence-electron chi connectivity index (χ2n) is 6.34. The van der Waals surface area contributed by atoms with Crippen molar-refractivity contribution in [1.29, 1.82) is 0 Å².